The summed E-state index contributed by atoms with van der Waals surface area (Å²) in [7, 11) is 0. The lowest BCUT2D eigenvalue weighted by Gasteiger charge is -2.04. The lowest BCUT2D eigenvalue weighted by atomic mass is 10.2. The fraction of sp³-hybridized carbons (Fsp3) is 0. The van der Waals surface area contributed by atoms with Crippen molar-refractivity contribution in [2.24, 2.45) is 0 Å². The highest BCUT2D eigenvalue weighted by atomic mass is 79.9. The maximum atomic E-state index is 13.6. The summed E-state index contributed by atoms with van der Waals surface area (Å²) in [4.78, 5) is 0. The lowest BCUT2D eigenvalue weighted by Crippen LogP contribution is -2.02. The normalized spacial score (nSPS) is 10.6. The van der Waals surface area contributed by atoms with Crippen molar-refractivity contribution in [3.8, 4) is 22.8 Å². The molecular weight excluding hydrogens is 342 g/mol. The Kier molecular flexibility index (Phi) is 3.66. The van der Waals surface area contributed by atoms with Crippen LogP contribution in [0.15, 0.2) is 46.9 Å². The molecule has 1 aromatic heterocycles. The van der Waals surface area contributed by atoms with Gasteiger partial charge in [-0.1, -0.05) is 34.1 Å². The molecule has 104 valence electrons. The van der Waals surface area contributed by atoms with Crippen LogP contribution in [-0.2, 0) is 0 Å². The van der Waals surface area contributed by atoms with Crippen LogP contribution in [0.25, 0.3) is 22.8 Å². The fourth-order valence-corrected chi connectivity index (χ4v) is 2.25. The van der Waals surface area contributed by atoms with Gasteiger partial charge in [0.1, 0.15) is 11.6 Å². The van der Waals surface area contributed by atoms with E-state index in [1.807, 2.05) is 18.2 Å². The molecule has 0 aliphatic heterocycles. The van der Waals surface area contributed by atoms with Crippen LogP contribution < -0.4 is 0 Å². The minimum atomic E-state index is -0.757. The molecule has 0 bridgehead atoms. The largest absolute Gasteiger partial charge is 0.209 e. The summed E-state index contributed by atoms with van der Waals surface area (Å²) in [6, 6.07) is 10.8. The van der Waals surface area contributed by atoms with Crippen LogP contribution >= 0.6 is 15.9 Å². The average molecular weight is 349 g/mol. The molecule has 7 heteroatoms. The minimum absolute atomic E-state index is 0.193. The van der Waals surface area contributed by atoms with Gasteiger partial charge in [-0.2, -0.15) is 0 Å². The molecule has 0 aliphatic carbocycles. The quantitative estimate of drug-likeness (QED) is 0.709. The first-order valence-electron chi connectivity index (χ1n) is 5.93. The molecule has 0 unspecified atom stereocenters. The highest BCUT2D eigenvalue weighted by Gasteiger charge is 2.16. The Morgan fingerprint density at radius 1 is 0.714 bits per heavy atom. The van der Waals surface area contributed by atoms with Crippen molar-refractivity contribution in [3.05, 3.63) is 58.6 Å². The summed E-state index contributed by atoms with van der Waals surface area (Å²) < 4.78 is 28.1. The number of halogens is 3. The van der Waals surface area contributed by atoms with E-state index < -0.39 is 11.6 Å². The van der Waals surface area contributed by atoms with Crippen molar-refractivity contribution in [3.63, 3.8) is 0 Å². The average Bonchev–Trinajstić information content (AvgIpc) is 2.48. The summed E-state index contributed by atoms with van der Waals surface area (Å²) in [5, 5.41) is 15.3. The number of nitrogens with zero attached hydrogens (tertiary/aromatic N) is 4. The molecular formula is C14H7BrF2N4. The van der Waals surface area contributed by atoms with Gasteiger partial charge < -0.3 is 0 Å². The van der Waals surface area contributed by atoms with E-state index in [0.717, 1.165) is 16.6 Å². The smallest absolute Gasteiger partial charge is 0.206 e. The predicted molar refractivity (Wildman–Crippen MR) is 76.1 cm³/mol. The van der Waals surface area contributed by atoms with Crippen molar-refractivity contribution < 1.29 is 8.78 Å². The van der Waals surface area contributed by atoms with Gasteiger partial charge in [0.15, 0.2) is 0 Å². The second-order valence-corrected chi connectivity index (χ2v) is 4.98. The number of benzene rings is 2. The molecule has 0 aliphatic rings. The number of aromatic nitrogens is 4. The van der Waals surface area contributed by atoms with Crippen LogP contribution in [-0.4, -0.2) is 20.4 Å². The topological polar surface area (TPSA) is 51.6 Å². The minimum Gasteiger partial charge on any atom is -0.206 e. The Morgan fingerprint density at radius 3 is 1.90 bits per heavy atom. The molecule has 1 heterocycles. The van der Waals surface area contributed by atoms with E-state index in [0.29, 0.717) is 5.56 Å². The first kappa shape index (κ1) is 13.7. The molecule has 0 saturated carbocycles. The Morgan fingerprint density at radius 2 is 1.29 bits per heavy atom. The Labute approximate surface area is 127 Å². The van der Waals surface area contributed by atoms with Gasteiger partial charge in [-0.3, -0.25) is 0 Å². The first-order chi connectivity index (χ1) is 10.2. The molecule has 21 heavy (non-hydrogen) atoms. The van der Waals surface area contributed by atoms with Crippen LogP contribution in [0.4, 0.5) is 8.78 Å². The van der Waals surface area contributed by atoms with Crippen molar-refractivity contribution in [2.75, 3.05) is 0 Å². The van der Waals surface area contributed by atoms with Gasteiger partial charge in [0.2, 0.25) is 11.6 Å². The summed E-state index contributed by atoms with van der Waals surface area (Å²) >= 11 is 3.36. The second kappa shape index (κ2) is 5.61. The Hall–Kier alpha value is -2.28. The Balaban J connectivity index is 2.04. The summed E-state index contributed by atoms with van der Waals surface area (Å²) in [5.74, 6) is -1.44. The van der Waals surface area contributed by atoms with Crippen LogP contribution in [0.3, 0.4) is 0 Å². The summed E-state index contributed by atoms with van der Waals surface area (Å²) in [6.07, 6.45) is 0. The summed E-state index contributed by atoms with van der Waals surface area (Å²) in [5.41, 5.74) is 0.356. The third-order valence-electron chi connectivity index (χ3n) is 2.78. The molecule has 0 atom stereocenters. The van der Waals surface area contributed by atoms with E-state index in [-0.39, 0.29) is 17.2 Å². The molecule has 3 rings (SSSR count). The predicted octanol–water partition coefficient (Wildman–Crippen LogP) is 3.64. The second-order valence-electron chi connectivity index (χ2n) is 4.12. The van der Waals surface area contributed by atoms with E-state index in [2.05, 4.69) is 36.3 Å². The van der Waals surface area contributed by atoms with Crippen LogP contribution in [0, 0.1) is 11.6 Å². The zero-order valence-corrected chi connectivity index (χ0v) is 12.1. The molecule has 4 nitrogen and oxygen atoms in total. The monoisotopic (exact) mass is 348 g/mol. The first-order valence-corrected chi connectivity index (χ1v) is 6.73. The van der Waals surface area contributed by atoms with E-state index in [4.69, 9.17) is 0 Å². The number of hydrogen-bond donors (Lipinski definition) is 0. The SMILES string of the molecule is Fc1cccc(F)c1-c1nnc(-c2ccccc2Br)nn1. The maximum absolute atomic E-state index is 13.6. The van der Waals surface area contributed by atoms with Crippen molar-refractivity contribution in [1.82, 2.24) is 20.4 Å². The van der Waals surface area contributed by atoms with Gasteiger partial charge >= 0.3 is 0 Å². The molecule has 3 aromatic rings. The molecule has 2 aromatic carbocycles. The molecule has 0 spiro atoms. The zero-order valence-electron chi connectivity index (χ0n) is 10.5. The molecule has 0 saturated heterocycles. The van der Waals surface area contributed by atoms with Crippen LogP contribution in [0.2, 0.25) is 0 Å². The number of rotatable bonds is 2. The van der Waals surface area contributed by atoms with E-state index in [1.165, 1.54) is 6.07 Å². The maximum Gasteiger partial charge on any atom is 0.209 e. The van der Waals surface area contributed by atoms with Gasteiger partial charge in [0, 0.05) is 10.0 Å². The van der Waals surface area contributed by atoms with Crippen LogP contribution in [0.5, 0.6) is 0 Å². The molecule has 0 amide bonds. The highest BCUT2D eigenvalue weighted by molar-refractivity contribution is 9.10. The van der Waals surface area contributed by atoms with Gasteiger partial charge in [-0.15, -0.1) is 20.4 Å². The third-order valence-corrected chi connectivity index (χ3v) is 3.47. The van der Waals surface area contributed by atoms with Crippen LogP contribution in [0.1, 0.15) is 0 Å². The standard InChI is InChI=1S/C14H7BrF2N4/c15-9-5-2-1-4-8(9)13-18-20-14(21-19-13)12-10(16)6-3-7-11(12)17/h1-7H. The van der Waals surface area contributed by atoms with Crippen molar-refractivity contribution >= 4 is 15.9 Å². The summed E-state index contributed by atoms with van der Waals surface area (Å²) in [6.45, 7) is 0. The Bertz CT molecular complexity index is 773. The fourth-order valence-electron chi connectivity index (χ4n) is 1.79. The van der Waals surface area contributed by atoms with Gasteiger partial charge in [0.25, 0.3) is 0 Å². The number of hydrogen-bond acceptors (Lipinski definition) is 4. The van der Waals surface area contributed by atoms with E-state index in [1.54, 1.807) is 6.07 Å². The van der Waals surface area contributed by atoms with Gasteiger partial charge in [-0.05, 0) is 24.3 Å². The molecule has 0 N–H and O–H groups in total. The molecule has 0 radical (unpaired) electrons. The highest BCUT2D eigenvalue weighted by Crippen LogP contribution is 2.25. The lowest BCUT2D eigenvalue weighted by molar-refractivity contribution is 0.585. The van der Waals surface area contributed by atoms with Gasteiger partial charge in [0.05, 0.1) is 5.56 Å². The zero-order chi connectivity index (χ0) is 14.8. The van der Waals surface area contributed by atoms with Crippen molar-refractivity contribution in [1.29, 1.82) is 0 Å². The molecule has 0 fully saturated rings. The van der Waals surface area contributed by atoms with E-state index in [9.17, 15) is 8.78 Å². The van der Waals surface area contributed by atoms with E-state index >= 15 is 0 Å². The van der Waals surface area contributed by atoms with Gasteiger partial charge in [-0.25, -0.2) is 8.78 Å². The van der Waals surface area contributed by atoms with Crippen molar-refractivity contribution in [2.45, 2.75) is 0 Å². The third kappa shape index (κ3) is 2.64.